The van der Waals surface area contributed by atoms with Gasteiger partial charge in [-0.2, -0.15) is 13.2 Å². The van der Waals surface area contributed by atoms with Crippen LogP contribution in [0.4, 0.5) is 17.6 Å². The average molecular weight is 330 g/mol. The zero-order chi connectivity index (χ0) is 16.4. The molecule has 0 unspecified atom stereocenters. The summed E-state index contributed by atoms with van der Waals surface area (Å²) in [5.41, 5.74) is -0.541. The third-order valence-corrected chi connectivity index (χ3v) is 5.03. The van der Waals surface area contributed by atoms with Gasteiger partial charge >= 0.3 is 6.18 Å². The Kier molecular flexibility index (Phi) is 4.92. The average Bonchev–Trinajstić information content (AvgIpc) is 3.03. The van der Waals surface area contributed by atoms with Crippen molar-refractivity contribution >= 4 is 0 Å². The number of alkyl halides is 3. The van der Waals surface area contributed by atoms with Crippen molar-refractivity contribution in [3.63, 3.8) is 0 Å². The SMILES string of the molecule is Fc1ccc([C@H](C2CCCC2)N2CCNCC2)cc1C(F)(F)F. The molecule has 0 radical (unpaired) electrons. The van der Waals surface area contributed by atoms with Crippen LogP contribution in [0.15, 0.2) is 18.2 Å². The van der Waals surface area contributed by atoms with E-state index in [0.29, 0.717) is 11.5 Å². The second-order valence-electron chi connectivity index (χ2n) is 6.51. The molecule has 1 saturated carbocycles. The van der Waals surface area contributed by atoms with E-state index in [0.717, 1.165) is 64.0 Å². The van der Waals surface area contributed by atoms with Crippen LogP contribution in [0.2, 0.25) is 0 Å². The van der Waals surface area contributed by atoms with E-state index in [1.165, 1.54) is 6.07 Å². The van der Waals surface area contributed by atoms with E-state index in [2.05, 4.69) is 10.2 Å². The fourth-order valence-electron chi connectivity index (χ4n) is 3.96. The summed E-state index contributed by atoms with van der Waals surface area (Å²) in [6.45, 7) is 3.33. The quantitative estimate of drug-likeness (QED) is 0.844. The minimum absolute atomic E-state index is 0.0405. The minimum atomic E-state index is -4.65. The molecular formula is C17H22F4N2. The van der Waals surface area contributed by atoms with E-state index in [4.69, 9.17) is 0 Å². The molecule has 128 valence electrons. The van der Waals surface area contributed by atoms with Crippen molar-refractivity contribution in [1.29, 1.82) is 0 Å². The van der Waals surface area contributed by atoms with Crippen molar-refractivity contribution < 1.29 is 17.6 Å². The van der Waals surface area contributed by atoms with Crippen molar-refractivity contribution in [3.05, 3.63) is 35.1 Å². The van der Waals surface area contributed by atoms with E-state index >= 15 is 0 Å². The summed E-state index contributed by atoms with van der Waals surface area (Å²) in [5.74, 6) is -0.827. The number of benzene rings is 1. The molecule has 2 nitrogen and oxygen atoms in total. The van der Waals surface area contributed by atoms with Gasteiger partial charge in [-0.05, 0) is 36.5 Å². The maximum Gasteiger partial charge on any atom is 0.419 e. The van der Waals surface area contributed by atoms with Gasteiger partial charge in [-0.25, -0.2) is 4.39 Å². The Morgan fingerprint density at radius 1 is 1.09 bits per heavy atom. The predicted octanol–water partition coefficient (Wildman–Crippen LogP) is 3.98. The molecule has 1 atom stereocenters. The van der Waals surface area contributed by atoms with E-state index in [-0.39, 0.29) is 6.04 Å². The standard InChI is InChI=1S/C17H22F4N2/c18-15-6-5-13(11-14(15)17(19,20)21)16(12-3-1-2-4-12)23-9-7-22-8-10-23/h5-6,11-12,16,22H,1-4,7-10H2/t16-/m0/s1. The zero-order valence-corrected chi connectivity index (χ0v) is 13.0. The Balaban J connectivity index is 1.95. The lowest BCUT2D eigenvalue weighted by molar-refractivity contribution is -0.140. The normalized spacial score (nSPS) is 22.4. The third-order valence-electron chi connectivity index (χ3n) is 5.03. The van der Waals surface area contributed by atoms with Crippen LogP contribution in [0.5, 0.6) is 0 Å². The highest BCUT2D eigenvalue weighted by atomic mass is 19.4. The van der Waals surface area contributed by atoms with Crippen LogP contribution < -0.4 is 5.32 Å². The number of nitrogens with one attached hydrogen (secondary N) is 1. The van der Waals surface area contributed by atoms with E-state index in [1.807, 2.05) is 0 Å². The maximum absolute atomic E-state index is 13.6. The summed E-state index contributed by atoms with van der Waals surface area (Å²) in [7, 11) is 0. The Bertz CT molecular complexity index is 532. The molecule has 0 aromatic heterocycles. The molecule has 3 rings (SSSR count). The largest absolute Gasteiger partial charge is 0.419 e. The zero-order valence-electron chi connectivity index (χ0n) is 13.0. The van der Waals surface area contributed by atoms with E-state index in [1.54, 1.807) is 0 Å². The van der Waals surface area contributed by atoms with Gasteiger partial charge in [0.1, 0.15) is 5.82 Å². The van der Waals surface area contributed by atoms with Gasteiger partial charge in [0.25, 0.3) is 0 Å². The first-order valence-corrected chi connectivity index (χ1v) is 8.28. The molecule has 1 aliphatic carbocycles. The summed E-state index contributed by atoms with van der Waals surface area (Å²) in [6, 6.07) is 3.50. The van der Waals surface area contributed by atoms with Crippen molar-refractivity contribution in [2.45, 2.75) is 37.9 Å². The summed E-state index contributed by atoms with van der Waals surface area (Å²) in [6.07, 6.45) is -0.328. The number of nitrogens with zero attached hydrogens (tertiary/aromatic N) is 1. The molecule has 2 fully saturated rings. The summed E-state index contributed by atoms with van der Waals surface area (Å²) in [4.78, 5) is 2.26. The van der Waals surface area contributed by atoms with E-state index in [9.17, 15) is 17.6 Å². The lowest BCUT2D eigenvalue weighted by Gasteiger charge is -2.39. The summed E-state index contributed by atoms with van der Waals surface area (Å²) >= 11 is 0. The second-order valence-corrected chi connectivity index (χ2v) is 6.51. The minimum Gasteiger partial charge on any atom is -0.314 e. The first-order valence-electron chi connectivity index (χ1n) is 8.28. The Hall–Kier alpha value is -1.14. The fraction of sp³-hybridized carbons (Fsp3) is 0.647. The molecular weight excluding hydrogens is 308 g/mol. The Morgan fingerprint density at radius 2 is 1.74 bits per heavy atom. The van der Waals surface area contributed by atoms with Gasteiger partial charge in [0.05, 0.1) is 5.56 Å². The first kappa shape index (κ1) is 16.7. The smallest absolute Gasteiger partial charge is 0.314 e. The van der Waals surface area contributed by atoms with Crippen LogP contribution in [-0.4, -0.2) is 31.1 Å². The van der Waals surface area contributed by atoms with Gasteiger partial charge in [-0.3, -0.25) is 4.90 Å². The lowest BCUT2D eigenvalue weighted by atomic mass is 9.88. The van der Waals surface area contributed by atoms with Gasteiger partial charge in [0.2, 0.25) is 0 Å². The number of hydrogen-bond donors (Lipinski definition) is 1. The highest BCUT2D eigenvalue weighted by molar-refractivity contribution is 5.30. The van der Waals surface area contributed by atoms with Gasteiger partial charge in [-0.15, -0.1) is 0 Å². The molecule has 1 aromatic carbocycles. The molecule has 0 amide bonds. The molecule has 1 saturated heterocycles. The predicted molar refractivity (Wildman–Crippen MR) is 80.5 cm³/mol. The first-order chi connectivity index (χ1) is 11.0. The van der Waals surface area contributed by atoms with Crippen LogP contribution in [0, 0.1) is 11.7 Å². The highest BCUT2D eigenvalue weighted by Gasteiger charge is 2.37. The van der Waals surface area contributed by atoms with Crippen molar-refractivity contribution in [2.24, 2.45) is 5.92 Å². The summed E-state index contributed by atoms with van der Waals surface area (Å²) in [5, 5.41) is 3.27. The monoisotopic (exact) mass is 330 g/mol. The molecule has 0 bridgehead atoms. The fourth-order valence-corrected chi connectivity index (χ4v) is 3.96. The van der Waals surface area contributed by atoms with Gasteiger partial charge in [-0.1, -0.05) is 18.9 Å². The molecule has 1 aliphatic heterocycles. The summed E-state index contributed by atoms with van der Waals surface area (Å²) < 4.78 is 52.7. The van der Waals surface area contributed by atoms with Crippen LogP contribution in [0.3, 0.4) is 0 Å². The molecule has 1 N–H and O–H groups in total. The Morgan fingerprint density at radius 3 is 2.35 bits per heavy atom. The molecule has 2 aliphatic rings. The van der Waals surface area contributed by atoms with Crippen molar-refractivity contribution in [2.75, 3.05) is 26.2 Å². The van der Waals surface area contributed by atoms with Crippen LogP contribution >= 0.6 is 0 Å². The van der Waals surface area contributed by atoms with Gasteiger partial charge in [0, 0.05) is 32.2 Å². The topological polar surface area (TPSA) is 15.3 Å². The maximum atomic E-state index is 13.6. The highest BCUT2D eigenvalue weighted by Crippen LogP contribution is 2.41. The van der Waals surface area contributed by atoms with Crippen LogP contribution in [-0.2, 0) is 6.18 Å². The number of halogens is 4. The number of rotatable bonds is 3. The van der Waals surface area contributed by atoms with Gasteiger partial charge < -0.3 is 5.32 Å². The van der Waals surface area contributed by atoms with Crippen LogP contribution in [0.1, 0.15) is 42.9 Å². The second kappa shape index (κ2) is 6.77. The van der Waals surface area contributed by atoms with Gasteiger partial charge in [0.15, 0.2) is 0 Å². The molecule has 23 heavy (non-hydrogen) atoms. The lowest BCUT2D eigenvalue weighted by Crippen LogP contribution is -2.46. The van der Waals surface area contributed by atoms with E-state index < -0.39 is 17.6 Å². The number of piperazine rings is 1. The number of hydrogen-bond acceptors (Lipinski definition) is 2. The van der Waals surface area contributed by atoms with Crippen molar-refractivity contribution in [3.8, 4) is 0 Å². The molecule has 1 heterocycles. The van der Waals surface area contributed by atoms with Crippen LogP contribution in [0.25, 0.3) is 0 Å². The Labute approximate surface area is 133 Å². The molecule has 0 spiro atoms. The van der Waals surface area contributed by atoms with Crippen molar-refractivity contribution in [1.82, 2.24) is 10.2 Å². The molecule has 1 aromatic rings. The third kappa shape index (κ3) is 3.69. The molecule has 6 heteroatoms.